The van der Waals surface area contributed by atoms with Gasteiger partial charge < -0.3 is 10.1 Å². The summed E-state index contributed by atoms with van der Waals surface area (Å²) >= 11 is 1.40. The van der Waals surface area contributed by atoms with Crippen molar-refractivity contribution >= 4 is 33.4 Å². The first-order valence-corrected chi connectivity index (χ1v) is 11.5. The number of ether oxygens (including phenoxy) is 1. The minimum atomic E-state index is -3.73. The second kappa shape index (κ2) is 10.1. The predicted octanol–water partition coefficient (Wildman–Crippen LogP) is 3.96. The van der Waals surface area contributed by atoms with Gasteiger partial charge in [-0.15, -0.1) is 6.58 Å². The molecule has 1 amide bonds. The van der Waals surface area contributed by atoms with Gasteiger partial charge in [-0.05, 0) is 48.5 Å². The van der Waals surface area contributed by atoms with E-state index in [2.05, 4.69) is 21.6 Å². The molecule has 0 aliphatic rings. The molecule has 9 heteroatoms. The van der Waals surface area contributed by atoms with Crippen LogP contribution >= 0.6 is 11.8 Å². The normalized spacial score (nSPS) is 10.9. The van der Waals surface area contributed by atoms with Crippen LogP contribution in [0.15, 0.2) is 94.3 Å². The molecule has 0 atom stereocenters. The number of rotatable bonds is 9. The highest BCUT2D eigenvalue weighted by atomic mass is 32.2. The van der Waals surface area contributed by atoms with Crippen LogP contribution in [0.4, 0.5) is 5.69 Å². The molecule has 0 bridgehead atoms. The number of anilines is 1. The molecule has 0 saturated carbocycles. The summed E-state index contributed by atoms with van der Waals surface area (Å²) in [5, 5.41) is 3.41. The lowest BCUT2D eigenvalue weighted by Gasteiger charge is -2.10. The van der Waals surface area contributed by atoms with Crippen LogP contribution in [0.5, 0.6) is 5.75 Å². The van der Waals surface area contributed by atoms with Crippen LogP contribution in [0.25, 0.3) is 0 Å². The summed E-state index contributed by atoms with van der Waals surface area (Å²) in [4.78, 5) is 17.2. The Kier molecular flexibility index (Phi) is 7.32. The van der Waals surface area contributed by atoms with Gasteiger partial charge in [0.15, 0.2) is 0 Å². The lowest BCUT2D eigenvalue weighted by atomic mass is 10.3. The summed E-state index contributed by atoms with van der Waals surface area (Å²) in [7, 11) is -2.25. The second-order valence-electron chi connectivity index (χ2n) is 6.29. The maximum Gasteiger partial charge on any atom is 0.262 e. The van der Waals surface area contributed by atoms with Crippen LogP contribution < -0.4 is 14.8 Å². The Morgan fingerprint density at radius 2 is 1.94 bits per heavy atom. The van der Waals surface area contributed by atoms with Crippen molar-refractivity contribution in [2.75, 3.05) is 18.4 Å². The van der Waals surface area contributed by atoms with Crippen molar-refractivity contribution in [3.05, 3.63) is 85.1 Å². The van der Waals surface area contributed by atoms with E-state index in [1.807, 2.05) is 0 Å². The third kappa shape index (κ3) is 6.09. The average molecular weight is 456 g/mol. The van der Waals surface area contributed by atoms with Crippen molar-refractivity contribution in [2.45, 2.75) is 14.8 Å². The van der Waals surface area contributed by atoms with Crippen LogP contribution in [0, 0.1) is 0 Å². The van der Waals surface area contributed by atoms with Crippen LogP contribution in [0.2, 0.25) is 0 Å². The number of benzene rings is 2. The first-order valence-electron chi connectivity index (χ1n) is 9.21. The Labute approximate surface area is 185 Å². The first kappa shape index (κ1) is 22.4. The van der Waals surface area contributed by atoms with Crippen LogP contribution in [-0.4, -0.2) is 33.0 Å². The SMILES string of the molecule is C=CCNC(=O)c1ccc(Sc2ccc(NS(=O)(=O)c3cccc(OC)c3)cc2)nc1. The van der Waals surface area contributed by atoms with E-state index in [0.717, 1.165) is 4.90 Å². The van der Waals surface area contributed by atoms with E-state index >= 15 is 0 Å². The summed E-state index contributed by atoms with van der Waals surface area (Å²) in [5.41, 5.74) is 0.905. The van der Waals surface area contributed by atoms with E-state index in [1.54, 1.807) is 54.6 Å². The molecule has 2 aromatic carbocycles. The predicted molar refractivity (Wildman–Crippen MR) is 121 cm³/mol. The number of sulfonamides is 1. The Morgan fingerprint density at radius 1 is 1.16 bits per heavy atom. The molecule has 160 valence electrons. The number of carbonyl (C=O) groups is 1. The Bertz CT molecular complexity index is 1160. The number of pyridine rings is 1. The number of nitrogens with one attached hydrogen (secondary N) is 2. The van der Waals surface area contributed by atoms with E-state index in [1.165, 1.54) is 37.2 Å². The van der Waals surface area contributed by atoms with Crippen LogP contribution in [-0.2, 0) is 10.0 Å². The molecule has 7 nitrogen and oxygen atoms in total. The topological polar surface area (TPSA) is 97.4 Å². The van der Waals surface area contributed by atoms with Crippen molar-refractivity contribution in [3.8, 4) is 5.75 Å². The highest BCUT2D eigenvalue weighted by Gasteiger charge is 2.15. The smallest absolute Gasteiger partial charge is 0.262 e. The summed E-state index contributed by atoms with van der Waals surface area (Å²) in [6, 6.07) is 16.7. The number of hydrogen-bond acceptors (Lipinski definition) is 6. The third-order valence-electron chi connectivity index (χ3n) is 4.09. The maximum absolute atomic E-state index is 12.6. The van der Waals surface area contributed by atoms with Crippen molar-refractivity contribution < 1.29 is 17.9 Å². The minimum Gasteiger partial charge on any atom is -0.497 e. The molecule has 0 spiro atoms. The van der Waals surface area contributed by atoms with E-state index < -0.39 is 10.0 Å². The summed E-state index contributed by atoms with van der Waals surface area (Å²) in [6.07, 6.45) is 3.12. The Hall–Kier alpha value is -3.30. The summed E-state index contributed by atoms with van der Waals surface area (Å²) < 4.78 is 32.8. The number of amides is 1. The lowest BCUT2D eigenvalue weighted by Crippen LogP contribution is -2.23. The molecule has 3 rings (SSSR count). The fourth-order valence-electron chi connectivity index (χ4n) is 2.54. The standard InChI is InChI=1S/C22H21N3O4S2/c1-3-13-23-22(26)16-7-12-21(24-15-16)30-19-10-8-17(9-11-19)25-31(27,28)20-6-4-5-18(14-20)29-2/h3-12,14-15,25H,1,13H2,2H3,(H,23,26). The number of hydrogen-bond donors (Lipinski definition) is 2. The fraction of sp³-hybridized carbons (Fsp3) is 0.0909. The second-order valence-corrected chi connectivity index (χ2v) is 9.07. The fourth-order valence-corrected chi connectivity index (χ4v) is 4.38. The van der Waals surface area contributed by atoms with E-state index in [-0.39, 0.29) is 10.8 Å². The highest BCUT2D eigenvalue weighted by Crippen LogP contribution is 2.28. The van der Waals surface area contributed by atoms with Gasteiger partial charge in [0.1, 0.15) is 10.8 Å². The van der Waals surface area contributed by atoms with Gasteiger partial charge >= 0.3 is 0 Å². The van der Waals surface area contributed by atoms with Crippen molar-refractivity contribution in [1.82, 2.24) is 10.3 Å². The molecule has 2 N–H and O–H groups in total. The first-order chi connectivity index (χ1) is 14.9. The molecule has 0 fully saturated rings. The summed E-state index contributed by atoms with van der Waals surface area (Å²) in [5.74, 6) is 0.253. The molecule has 0 aliphatic heterocycles. The molecule has 0 radical (unpaired) electrons. The highest BCUT2D eigenvalue weighted by molar-refractivity contribution is 7.99. The van der Waals surface area contributed by atoms with Gasteiger partial charge in [0, 0.05) is 29.4 Å². The van der Waals surface area contributed by atoms with Gasteiger partial charge in [-0.2, -0.15) is 0 Å². The molecule has 31 heavy (non-hydrogen) atoms. The van der Waals surface area contributed by atoms with Crippen molar-refractivity contribution in [1.29, 1.82) is 0 Å². The molecule has 0 unspecified atom stereocenters. The van der Waals surface area contributed by atoms with Gasteiger partial charge in [0.25, 0.3) is 15.9 Å². The van der Waals surface area contributed by atoms with E-state index in [4.69, 9.17) is 4.74 Å². The zero-order valence-electron chi connectivity index (χ0n) is 16.7. The van der Waals surface area contributed by atoms with Crippen LogP contribution in [0.1, 0.15) is 10.4 Å². The Balaban J connectivity index is 1.65. The lowest BCUT2D eigenvalue weighted by molar-refractivity contribution is 0.0957. The van der Waals surface area contributed by atoms with Crippen LogP contribution in [0.3, 0.4) is 0 Å². The van der Waals surface area contributed by atoms with Gasteiger partial charge in [-0.25, -0.2) is 13.4 Å². The molecule has 0 saturated heterocycles. The van der Waals surface area contributed by atoms with Gasteiger partial charge in [-0.1, -0.05) is 23.9 Å². The van der Waals surface area contributed by atoms with Crippen molar-refractivity contribution in [3.63, 3.8) is 0 Å². The Morgan fingerprint density at radius 3 is 2.58 bits per heavy atom. The molecular formula is C22H21N3O4S2. The zero-order valence-corrected chi connectivity index (χ0v) is 18.4. The molecular weight excluding hydrogens is 434 g/mol. The number of carbonyl (C=O) groups excluding carboxylic acids is 1. The molecule has 1 heterocycles. The number of nitrogens with zero attached hydrogens (tertiary/aromatic N) is 1. The van der Waals surface area contributed by atoms with Gasteiger partial charge in [-0.3, -0.25) is 9.52 Å². The van der Waals surface area contributed by atoms with E-state index in [0.29, 0.717) is 28.6 Å². The van der Waals surface area contributed by atoms with Gasteiger partial charge in [0.05, 0.1) is 17.6 Å². The van der Waals surface area contributed by atoms with Crippen molar-refractivity contribution in [2.24, 2.45) is 0 Å². The number of methoxy groups -OCH3 is 1. The quantitative estimate of drug-likeness (QED) is 0.474. The van der Waals surface area contributed by atoms with Gasteiger partial charge in [0.2, 0.25) is 0 Å². The molecule has 0 aliphatic carbocycles. The van der Waals surface area contributed by atoms with E-state index in [9.17, 15) is 13.2 Å². The molecule has 1 aromatic heterocycles. The minimum absolute atomic E-state index is 0.117. The largest absolute Gasteiger partial charge is 0.497 e. The zero-order chi connectivity index (χ0) is 22.3. The third-order valence-corrected chi connectivity index (χ3v) is 6.42. The molecule has 3 aromatic rings. The maximum atomic E-state index is 12.6. The average Bonchev–Trinajstić information content (AvgIpc) is 2.79. The summed E-state index contributed by atoms with van der Waals surface area (Å²) in [6.45, 7) is 3.95. The monoisotopic (exact) mass is 455 g/mol. The number of aromatic nitrogens is 1.